The number of anilines is 3. The van der Waals surface area contributed by atoms with Crippen LogP contribution < -0.4 is 23.4 Å². The standard InChI is InChI=1S/C28H34N4O8S/c1-28(2,3)19-9-11-20(12-10-19)32(41(35)36)25-24(40-22-8-6-5-7-21(22)37-4)26(39-16-13-23(33)34)30-27(29-25)31-14-17-38-18-15-31/h5-12H,13-18H2,1-4H3,(H,33,34)(H,35,36)/p-1. The number of morpholine rings is 1. The topological polar surface area (TPSA) is 147 Å². The van der Waals surface area contributed by atoms with Crippen LogP contribution in [0.2, 0.25) is 0 Å². The first-order valence-corrected chi connectivity index (χ1v) is 14.0. The van der Waals surface area contributed by atoms with Crippen LogP contribution in [-0.4, -0.2) is 69.8 Å². The molecule has 12 nitrogen and oxygen atoms in total. The van der Waals surface area contributed by atoms with E-state index in [0.717, 1.165) is 9.87 Å². The van der Waals surface area contributed by atoms with Crippen LogP contribution in [0.25, 0.3) is 0 Å². The van der Waals surface area contributed by atoms with Gasteiger partial charge in [0.25, 0.3) is 5.88 Å². The number of rotatable bonds is 11. The summed E-state index contributed by atoms with van der Waals surface area (Å²) in [7, 11) is 1.47. The van der Waals surface area contributed by atoms with Crippen LogP contribution in [0.3, 0.4) is 0 Å². The first-order chi connectivity index (χ1) is 19.6. The summed E-state index contributed by atoms with van der Waals surface area (Å²) in [4.78, 5) is 22.3. The van der Waals surface area contributed by atoms with Crippen LogP contribution in [0.15, 0.2) is 48.5 Å². The molecular formula is C28H33N4O8S-. The summed E-state index contributed by atoms with van der Waals surface area (Å²) < 4.78 is 49.6. The second-order valence-electron chi connectivity index (χ2n) is 10.1. The van der Waals surface area contributed by atoms with Crippen LogP contribution in [0, 0.1) is 0 Å². The average Bonchev–Trinajstić information content (AvgIpc) is 2.94. The zero-order chi connectivity index (χ0) is 29.6. The first kappa shape index (κ1) is 30.0. The molecule has 1 aliphatic heterocycles. The van der Waals surface area contributed by atoms with E-state index in [1.165, 1.54) is 7.11 Å². The summed E-state index contributed by atoms with van der Waals surface area (Å²) in [6.07, 6.45) is -0.314. The molecule has 3 aromatic rings. The number of para-hydroxylation sites is 2. The minimum atomic E-state index is -2.85. The highest BCUT2D eigenvalue weighted by Gasteiger charge is 2.29. The van der Waals surface area contributed by atoms with Gasteiger partial charge in [-0.2, -0.15) is 9.97 Å². The van der Waals surface area contributed by atoms with Gasteiger partial charge in [-0.25, -0.2) is 0 Å². The molecule has 4 rings (SSSR count). The lowest BCUT2D eigenvalue weighted by atomic mass is 9.87. The zero-order valence-corrected chi connectivity index (χ0v) is 24.2. The molecule has 1 atom stereocenters. The third-order valence-electron chi connectivity index (χ3n) is 6.24. The predicted octanol–water partition coefficient (Wildman–Crippen LogP) is 4.20. The molecule has 1 fully saturated rings. The Morgan fingerprint density at radius 2 is 1.76 bits per heavy atom. The van der Waals surface area contributed by atoms with E-state index in [4.69, 9.17) is 18.9 Å². The molecule has 1 N–H and O–H groups in total. The Bertz CT molecular complexity index is 1370. The number of benzene rings is 2. The number of carboxylic acids is 1. The second-order valence-corrected chi connectivity index (χ2v) is 10.9. The number of carboxylic acid groups (broad SMARTS) is 1. The van der Waals surface area contributed by atoms with Crippen molar-refractivity contribution in [2.45, 2.75) is 32.6 Å². The van der Waals surface area contributed by atoms with Gasteiger partial charge in [-0.05, 0) is 35.2 Å². The summed E-state index contributed by atoms with van der Waals surface area (Å²) in [6.45, 7) is 7.72. The molecule has 220 valence electrons. The van der Waals surface area contributed by atoms with Crippen molar-refractivity contribution in [1.29, 1.82) is 0 Å². The molecule has 2 aromatic carbocycles. The molecule has 1 aromatic heterocycles. The normalized spacial score (nSPS) is 14.3. The molecule has 1 unspecified atom stereocenters. The average molecular weight is 586 g/mol. The molecule has 1 aliphatic rings. The number of aromatic nitrogens is 2. The molecular weight excluding hydrogens is 552 g/mol. The summed E-state index contributed by atoms with van der Waals surface area (Å²) >= 11 is -2.85. The largest absolute Gasteiger partial charge is 0.755 e. The summed E-state index contributed by atoms with van der Waals surface area (Å²) in [6, 6.07) is 13.9. The van der Waals surface area contributed by atoms with E-state index >= 15 is 0 Å². The number of nitrogens with zero attached hydrogens (tertiary/aromatic N) is 4. The molecule has 0 amide bonds. The highest BCUT2D eigenvalue weighted by Crippen LogP contribution is 2.45. The van der Waals surface area contributed by atoms with Crippen LogP contribution >= 0.6 is 0 Å². The number of hydrogen-bond donors (Lipinski definition) is 1. The van der Waals surface area contributed by atoms with Gasteiger partial charge >= 0.3 is 5.97 Å². The summed E-state index contributed by atoms with van der Waals surface area (Å²) in [5.74, 6) is -0.622. The Morgan fingerprint density at radius 1 is 1.10 bits per heavy atom. The van der Waals surface area contributed by atoms with Gasteiger partial charge in [0.1, 0.15) is 6.61 Å². The van der Waals surface area contributed by atoms with Crippen LogP contribution in [0.1, 0.15) is 32.8 Å². The van der Waals surface area contributed by atoms with Crippen LogP contribution in [0.5, 0.6) is 23.1 Å². The number of carbonyl (C=O) groups is 1. The minimum Gasteiger partial charge on any atom is -0.755 e. The van der Waals surface area contributed by atoms with Crippen molar-refractivity contribution in [2.24, 2.45) is 0 Å². The molecule has 2 heterocycles. The molecule has 13 heteroatoms. The van der Waals surface area contributed by atoms with Gasteiger partial charge < -0.3 is 33.5 Å². The lowest BCUT2D eigenvalue weighted by Gasteiger charge is -2.31. The zero-order valence-electron chi connectivity index (χ0n) is 23.4. The van der Waals surface area contributed by atoms with Gasteiger partial charge in [0.05, 0.1) is 43.7 Å². The maximum Gasteiger partial charge on any atom is 0.306 e. The maximum atomic E-state index is 12.8. The van der Waals surface area contributed by atoms with E-state index in [-0.39, 0.29) is 47.6 Å². The molecule has 0 radical (unpaired) electrons. The van der Waals surface area contributed by atoms with Crippen molar-refractivity contribution in [3.8, 4) is 23.1 Å². The van der Waals surface area contributed by atoms with E-state index in [2.05, 4.69) is 30.7 Å². The lowest BCUT2D eigenvalue weighted by molar-refractivity contribution is -0.137. The van der Waals surface area contributed by atoms with Crippen molar-refractivity contribution in [2.75, 3.05) is 49.2 Å². The molecule has 0 spiro atoms. The number of hydrogen-bond acceptors (Lipinski definition) is 10. The lowest BCUT2D eigenvalue weighted by Crippen LogP contribution is -2.37. The molecule has 1 saturated heterocycles. The van der Waals surface area contributed by atoms with Crippen molar-refractivity contribution >= 4 is 34.7 Å². The van der Waals surface area contributed by atoms with E-state index in [0.29, 0.717) is 37.7 Å². The molecule has 41 heavy (non-hydrogen) atoms. The Balaban J connectivity index is 1.92. The SMILES string of the molecule is COc1ccccc1Oc1c(OCCC(=O)O)nc(N2CCOCC2)nc1N(c1ccc(C(C)(C)C)cc1)S(=O)[O-]. The van der Waals surface area contributed by atoms with Gasteiger partial charge in [0.2, 0.25) is 11.7 Å². The smallest absolute Gasteiger partial charge is 0.306 e. The highest BCUT2D eigenvalue weighted by molar-refractivity contribution is 7.81. The minimum absolute atomic E-state index is 0.116. The molecule has 0 aliphatic carbocycles. The monoisotopic (exact) mass is 585 g/mol. The van der Waals surface area contributed by atoms with Gasteiger partial charge in [-0.1, -0.05) is 45.0 Å². The quantitative estimate of drug-likeness (QED) is 0.323. The Morgan fingerprint density at radius 3 is 2.34 bits per heavy atom. The Labute approximate surface area is 241 Å². The predicted molar refractivity (Wildman–Crippen MR) is 152 cm³/mol. The van der Waals surface area contributed by atoms with Crippen molar-refractivity contribution < 1.29 is 37.6 Å². The van der Waals surface area contributed by atoms with Crippen molar-refractivity contribution in [3.05, 3.63) is 54.1 Å². The Kier molecular flexibility index (Phi) is 9.63. The highest BCUT2D eigenvalue weighted by atomic mass is 32.2. The Hall–Kier alpha value is -3.94. The third kappa shape index (κ3) is 7.43. The number of ether oxygens (including phenoxy) is 4. The third-order valence-corrected chi connectivity index (χ3v) is 6.93. The van der Waals surface area contributed by atoms with Gasteiger partial charge in [0.15, 0.2) is 17.3 Å². The number of methoxy groups -OCH3 is 1. The fraction of sp³-hybridized carbons (Fsp3) is 0.393. The van der Waals surface area contributed by atoms with Crippen molar-refractivity contribution in [3.63, 3.8) is 0 Å². The van der Waals surface area contributed by atoms with E-state index in [1.54, 1.807) is 36.4 Å². The maximum absolute atomic E-state index is 12.8. The fourth-order valence-corrected chi connectivity index (χ4v) is 4.62. The fourth-order valence-electron chi connectivity index (χ4n) is 4.06. The van der Waals surface area contributed by atoms with Crippen LogP contribution in [-0.2, 0) is 26.2 Å². The van der Waals surface area contributed by atoms with Gasteiger partial charge in [0, 0.05) is 13.1 Å². The van der Waals surface area contributed by atoms with Gasteiger partial charge in [-0.3, -0.25) is 13.3 Å². The van der Waals surface area contributed by atoms with E-state index in [9.17, 15) is 18.7 Å². The number of aliphatic carboxylic acids is 1. The van der Waals surface area contributed by atoms with E-state index in [1.807, 2.05) is 17.0 Å². The molecule has 0 bridgehead atoms. The van der Waals surface area contributed by atoms with E-state index < -0.39 is 17.2 Å². The van der Waals surface area contributed by atoms with Crippen LogP contribution in [0.4, 0.5) is 17.5 Å². The first-order valence-electron chi connectivity index (χ1n) is 13.0. The van der Waals surface area contributed by atoms with Crippen molar-refractivity contribution in [1.82, 2.24) is 9.97 Å². The van der Waals surface area contributed by atoms with Gasteiger partial charge in [-0.15, -0.1) is 0 Å². The molecule has 0 saturated carbocycles. The summed E-state index contributed by atoms with van der Waals surface area (Å²) in [5, 5.41) is 9.19. The summed E-state index contributed by atoms with van der Waals surface area (Å²) in [5.41, 5.74) is 1.17. The second kappa shape index (κ2) is 13.1.